The molecule has 0 nitrogen and oxygen atoms in total. The van der Waals surface area contributed by atoms with E-state index in [0.29, 0.717) is 0 Å². The minimum atomic E-state index is 1.43. The summed E-state index contributed by atoms with van der Waals surface area (Å²) in [6.45, 7) is 0. The van der Waals surface area contributed by atoms with Crippen LogP contribution in [-0.2, 0) is 0 Å². The van der Waals surface area contributed by atoms with E-state index in [1.165, 1.54) is 6.42 Å². The van der Waals surface area contributed by atoms with Crippen LogP contribution in [0.5, 0.6) is 0 Å². The van der Waals surface area contributed by atoms with Crippen LogP contribution in [0.3, 0.4) is 0 Å². The Morgan fingerprint density at radius 1 is 0.615 bits per heavy atom. The predicted molar refractivity (Wildman–Crippen MR) is 53.1 cm³/mol. The van der Waals surface area contributed by atoms with Gasteiger partial charge in [-0.1, -0.05) is 11.8 Å². The van der Waals surface area contributed by atoms with E-state index in [4.69, 9.17) is 12.8 Å². The molecule has 13 heavy (non-hydrogen) atoms. The Kier molecular flexibility index (Phi) is 7.46. The lowest BCUT2D eigenvalue weighted by Crippen LogP contribution is -1.60. The van der Waals surface area contributed by atoms with Gasteiger partial charge in [0.1, 0.15) is 6.42 Å². The highest BCUT2D eigenvalue weighted by Gasteiger charge is 1.64. The molecule has 0 aliphatic heterocycles. The van der Waals surface area contributed by atoms with Crippen molar-refractivity contribution in [2.45, 2.75) is 0 Å². The van der Waals surface area contributed by atoms with Gasteiger partial charge in [0.15, 0.2) is 0 Å². The molecular formula is C13H3. The van der Waals surface area contributed by atoms with Gasteiger partial charge in [-0.05, 0) is 47.4 Å². The van der Waals surface area contributed by atoms with E-state index in [-0.39, 0.29) is 0 Å². The third-order valence-corrected chi connectivity index (χ3v) is 0.683. The van der Waals surface area contributed by atoms with Gasteiger partial charge in [-0.3, -0.25) is 0 Å². The number of rotatable bonds is 0. The molecular weight excluding hydrogens is 156 g/mol. The zero-order valence-electron chi connectivity index (χ0n) is 6.73. The molecule has 0 aromatic carbocycles. The van der Waals surface area contributed by atoms with E-state index in [1.54, 1.807) is 0 Å². The maximum absolute atomic E-state index is 4.86. The monoisotopic (exact) mass is 159 g/mol. The summed E-state index contributed by atoms with van der Waals surface area (Å²) < 4.78 is 0. The molecule has 0 heterocycles. The molecule has 0 aromatic rings. The fraction of sp³-hybridized carbons (Fsp3) is 0. The molecule has 0 bridgehead atoms. The smallest absolute Gasteiger partial charge is 0.106 e. The summed E-state index contributed by atoms with van der Waals surface area (Å²) in [6.07, 6.45) is 11.1. The van der Waals surface area contributed by atoms with Gasteiger partial charge >= 0.3 is 0 Å². The standard InChI is InChI=1S/C13H3/c1-3-5-7-9-11-13-12-10-8-6-4-2/h1-2,13H. The maximum Gasteiger partial charge on any atom is 0.108 e. The van der Waals surface area contributed by atoms with Crippen molar-refractivity contribution < 1.29 is 0 Å². The molecule has 0 heteroatoms. The largest absolute Gasteiger partial charge is 0.108 e. The fourth-order valence-corrected chi connectivity index (χ4v) is 0.315. The lowest BCUT2D eigenvalue weighted by atomic mass is 10.4. The average molecular weight is 159 g/mol. The number of terminal acetylenes is 2. The number of hydrogen-bond donors (Lipinski definition) is 0. The predicted octanol–water partition coefficient (Wildman–Crippen LogP) is 0.471. The lowest BCUT2D eigenvalue weighted by Gasteiger charge is -1.63. The summed E-state index contributed by atoms with van der Waals surface area (Å²) in [5.41, 5.74) is 0. The van der Waals surface area contributed by atoms with Crippen LogP contribution in [0.25, 0.3) is 0 Å². The molecule has 0 aliphatic rings. The first-order valence-electron chi connectivity index (χ1n) is 3.15. The molecule has 0 aromatic heterocycles. The minimum Gasteiger partial charge on any atom is -0.106 e. The van der Waals surface area contributed by atoms with Gasteiger partial charge in [0, 0.05) is 0 Å². The maximum atomic E-state index is 4.86. The Labute approximate surface area is 79.1 Å². The van der Waals surface area contributed by atoms with Gasteiger partial charge < -0.3 is 0 Å². The van der Waals surface area contributed by atoms with Crippen LogP contribution in [-0.4, -0.2) is 0 Å². The van der Waals surface area contributed by atoms with E-state index in [0.717, 1.165) is 0 Å². The highest BCUT2D eigenvalue weighted by molar-refractivity contribution is 5.41. The second-order valence-corrected chi connectivity index (χ2v) is 1.47. The van der Waals surface area contributed by atoms with Crippen LogP contribution in [0.1, 0.15) is 0 Å². The first-order valence-corrected chi connectivity index (χ1v) is 3.15. The first kappa shape index (κ1) is 10.4. The molecule has 0 aliphatic carbocycles. The van der Waals surface area contributed by atoms with E-state index >= 15 is 0 Å². The van der Waals surface area contributed by atoms with Gasteiger partial charge in [-0.15, -0.1) is 12.8 Å². The van der Waals surface area contributed by atoms with Gasteiger partial charge in [-0.25, -0.2) is 0 Å². The third kappa shape index (κ3) is 9.36. The van der Waals surface area contributed by atoms with Crippen molar-refractivity contribution in [1.29, 1.82) is 0 Å². The Morgan fingerprint density at radius 2 is 1.08 bits per heavy atom. The highest BCUT2D eigenvalue weighted by Crippen LogP contribution is 1.66. The van der Waals surface area contributed by atoms with E-state index in [1.807, 2.05) is 0 Å². The normalized spacial score (nSPS) is 4.15. The SMILES string of the molecule is C#CC#CC#C[CH]C#CC#CC#C. The first-order chi connectivity index (χ1) is 6.41. The Balaban J connectivity index is 3.90. The van der Waals surface area contributed by atoms with Crippen molar-refractivity contribution in [3.8, 4) is 72.1 Å². The Morgan fingerprint density at radius 3 is 1.46 bits per heavy atom. The second kappa shape index (κ2) is 9.36. The van der Waals surface area contributed by atoms with Crippen molar-refractivity contribution in [2.24, 2.45) is 0 Å². The summed E-state index contributed by atoms with van der Waals surface area (Å²) in [4.78, 5) is 0. The van der Waals surface area contributed by atoms with Crippen molar-refractivity contribution >= 4 is 0 Å². The molecule has 0 unspecified atom stereocenters. The van der Waals surface area contributed by atoms with Gasteiger partial charge in [0.2, 0.25) is 0 Å². The van der Waals surface area contributed by atoms with Crippen molar-refractivity contribution in [1.82, 2.24) is 0 Å². The highest BCUT2D eigenvalue weighted by atomic mass is 13.6. The third-order valence-electron chi connectivity index (χ3n) is 0.683. The van der Waals surface area contributed by atoms with E-state index < -0.39 is 0 Å². The average Bonchev–Trinajstić information content (AvgIpc) is 2.16. The molecule has 0 saturated heterocycles. The molecule has 0 rings (SSSR count). The molecule has 0 saturated carbocycles. The van der Waals surface area contributed by atoms with Crippen LogP contribution >= 0.6 is 0 Å². The lowest BCUT2D eigenvalue weighted by molar-refractivity contribution is 2.01. The zero-order valence-corrected chi connectivity index (χ0v) is 6.73. The van der Waals surface area contributed by atoms with Crippen LogP contribution in [0, 0.1) is 78.5 Å². The van der Waals surface area contributed by atoms with Crippen LogP contribution in [0.2, 0.25) is 0 Å². The zero-order chi connectivity index (χ0) is 9.78. The molecule has 0 N–H and O–H groups in total. The molecule has 55 valence electrons. The molecule has 0 spiro atoms. The topological polar surface area (TPSA) is 0 Å². The summed E-state index contributed by atoms with van der Waals surface area (Å²) in [5, 5.41) is 0. The van der Waals surface area contributed by atoms with Crippen molar-refractivity contribution in [3.63, 3.8) is 0 Å². The van der Waals surface area contributed by atoms with Crippen LogP contribution < -0.4 is 0 Å². The number of hydrogen-bond acceptors (Lipinski definition) is 0. The van der Waals surface area contributed by atoms with Crippen molar-refractivity contribution in [3.05, 3.63) is 6.42 Å². The molecule has 0 fully saturated rings. The fourth-order valence-electron chi connectivity index (χ4n) is 0.315. The van der Waals surface area contributed by atoms with Gasteiger partial charge in [-0.2, -0.15) is 0 Å². The summed E-state index contributed by atoms with van der Waals surface area (Å²) >= 11 is 0. The van der Waals surface area contributed by atoms with E-state index in [9.17, 15) is 0 Å². The van der Waals surface area contributed by atoms with Crippen LogP contribution in [0.4, 0.5) is 0 Å². The minimum absolute atomic E-state index is 1.43. The summed E-state index contributed by atoms with van der Waals surface area (Å²) in [6, 6.07) is 0. The second-order valence-electron chi connectivity index (χ2n) is 1.47. The van der Waals surface area contributed by atoms with Gasteiger partial charge in [0.05, 0.1) is 0 Å². The Hall–Kier alpha value is -2.64. The molecule has 0 atom stereocenters. The van der Waals surface area contributed by atoms with Gasteiger partial charge in [0.25, 0.3) is 0 Å². The quantitative estimate of drug-likeness (QED) is 0.451. The van der Waals surface area contributed by atoms with Crippen molar-refractivity contribution in [2.75, 3.05) is 0 Å². The summed E-state index contributed by atoms with van der Waals surface area (Å²) in [7, 11) is 0. The van der Waals surface area contributed by atoms with E-state index in [2.05, 4.69) is 59.2 Å². The Bertz CT molecular complexity index is 426. The molecule has 0 amide bonds. The summed E-state index contributed by atoms with van der Waals surface area (Å²) in [5.74, 6) is 23.9. The van der Waals surface area contributed by atoms with Crippen LogP contribution in [0.15, 0.2) is 0 Å². The molecule has 1 radical (unpaired) electrons.